The molecule has 0 radical (unpaired) electrons. The summed E-state index contributed by atoms with van der Waals surface area (Å²) >= 11 is -2.64. The predicted molar refractivity (Wildman–Crippen MR) is 31.5 cm³/mol. The zero-order valence-electron chi connectivity index (χ0n) is 5.17. The lowest BCUT2D eigenvalue weighted by atomic mass is 10.8. The molecule has 7 heteroatoms. The van der Waals surface area contributed by atoms with E-state index in [0.717, 1.165) is 0 Å². The van der Waals surface area contributed by atoms with E-state index in [1.54, 1.807) is 0 Å². The van der Waals surface area contributed by atoms with Gasteiger partial charge in [-0.05, 0) is 11.2 Å². The molecule has 66 valence electrons. The fourth-order valence-corrected chi connectivity index (χ4v) is 0.948. The van der Waals surface area contributed by atoms with Crippen LogP contribution in [0.4, 0.5) is 13.2 Å². The number of alkyl halides is 3. The number of halogens is 3. The molecule has 0 rings (SSSR count). The number of carboxylic acids is 1. The van der Waals surface area contributed by atoms with Crippen molar-refractivity contribution in [2.45, 2.75) is 11.9 Å². The maximum Gasteiger partial charge on any atom is 0.353 e. The average Bonchev–Trinajstić information content (AvgIpc) is 1.84. The summed E-state index contributed by atoms with van der Waals surface area (Å²) < 4.78 is 45.0. The molecule has 0 fully saturated rings. The Morgan fingerprint density at radius 3 is 2.27 bits per heavy atom. The molecule has 1 N–H and O–H groups in total. The first kappa shape index (κ1) is 10.6. The maximum atomic E-state index is 12.0. The predicted octanol–water partition coefficient (Wildman–Crippen LogP) is 0.380. The van der Waals surface area contributed by atoms with Crippen molar-refractivity contribution in [1.29, 1.82) is 0 Å². The zero-order valence-corrected chi connectivity index (χ0v) is 5.98. The Kier molecular flexibility index (Phi) is 4.27. The minimum atomic E-state index is -3.39. The van der Waals surface area contributed by atoms with Gasteiger partial charge in [-0.15, -0.1) is 0 Å². The number of hydrogen-bond acceptors (Lipinski definition) is 2. The van der Waals surface area contributed by atoms with E-state index in [4.69, 9.17) is 5.11 Å². The normalized spacial score (nSPS) is 16.5. The third kappa shape index (κ3) is 4.10. The molecular weight excluding hydrogens is 185 g/mol. The van der Waals surface area contributed by atoms with Crippen LogP contribution >= 0.6 is 0 Å². The van der Waals surface area contributed by atoms with Crippen LogP contribution in [0.2, 0.25) is 0 Å². The molecule has 0 heterocycles. The number of aliphatic carboxylic acids is 1. The van der Waals surface area contributed by atoms with Gasteiger partial charge >= 0.3 is 17.9 Å². The van der Waals surface area contributed by atoms with Crippen LogP contribution < -0.4 is 0 Å². The van der Waals surface area contributed by atoms with E-state index in [2.05, 4.69) is 0 Å². The van der Waals surface area contributed by atoms with Crippen molar-refractivity contribution in [2.75, 3.05) is 5.75 Å². The lowest BCUT2D eigenvalue weighted by Gasteiger charge is -2.11. The molecule has 0 saturated heterocycles. The summed E-state index contributed by atoms with van der Waals surface area (Å²) in [5.74, 6) is -2.66. The van der Waals surface area contributed by atoms with Crippen LogP contribution in [0.1, 0.15) is 0 Å². The Hall–Kier alpha value is -0.430. The third-order valence-corrected chi connectivity index (χ3v) is 1.95. The molecular formula is C4H5F3O3S. The van der Waals surface area contributed by atoms with Gasteiger partial charge in [0.25, 0.3) is 0 Å². The standard InChI is InChI=1S/C4H5F3O3S/c5-3(6)4(7)11(10)1-2(8)9/h3-4H,1H2,(H,8,9). The number of carbonyl (C=O) groups is 1. The van der Waals surface area contributed by atoms with Crippen LogP contribution in [0.25, 0.3) is 0 Å². The minimum Gasteiger partial charge on any atom is -0.613 e. The Labute approximate surface area is 63.4 Å². The highest BCUT2D eigenvalue weighted by Gasteiger charge is 2.33. The van der Waals surface area contributed by atoms with Gasteiger partial charge < -0.3 is 9.66 Å². The van der Waals surface area contributed by atoms with Crippen molar-refractivity contribution >= 4 is 17.1 Å². The summed E-state index contributed by atoms with van der Waals surface area (Å²) in [7, 11) is 0. The van der Waals surface area contributed by atoms with Crippen molar-refractivity contribution in [3.63, 3.8) is 0 Å². The molecule has 0 aromatic rings. The van der Waals surface area contributed by atoms with Crippen molar-refractivity contribution in [1.82, 2.24) is 0 Å². The van der Waals surface area contributed by atoms with Crippen LogP contribution in [0, 0.1) is 0 Å². The van der Waals surface area contributed by atoms with Gasteiger partial charge in [-0.2, -0.15) is 4.39 Å². The molecule has 2 atom stereocenters. The van der Waals surface area contributed by atoms with Gasteiger partial charge in [0.05, 0.1) is 0 Å². The van der Waals surface area contributed by atoms with Gasteiger partial charge in [0, 0.05) is 0 Å². The molecule has 0 aliphatic heterocycles. The first-order valence-corrected chi connectivity index (χ1v) is 3.84. The van der Waals surface area contributed by atoms with Gasteiger partial charge in [-0.25, -0.2) is 13.6 Å². The minimum absolute atomic E-state index is 1.09. The summed E-state index contributed by atoms with van der Waals surface area (Å²) in [6.07, 6.45) is -3.39. The topological polar surface area (TPSA) is 60.4 Å². The smallest absolute Gasteiger partial charge is 0.353 e. The summed E-state index contributed by atoms with van der Waals surface area (Å²) in [4.78, 5) is 9.73. The average molecular weight is 190 g/mol. The molecule has 11 heavy (non-hydrogen) atoms. The van der Waals surface area contributed by atoms with Crippen LogP contribution in [-0.4, -0.2) is 33.3 Å². The van der Waals surface area contributed by atoms with E-state index in [1.807, 2.05) is 0 Å². The van der Waals surface area contributed by atoms with Crippen molar-refractivity contribution in [3.8, 4) is 0 Å². The second-order valence-corrected chi connectivity index (χ2v) is 3.10. The Morgan fingerprint density at radius 1 is 1.55 bits per heavy atom. The van der Waals surface area contributed by atoms with E-state index in [-0.39, 0.29) is 0 Å². The summed E-state index contributed by atoms with van der Waals surface area (Å²) in [5.41, 5.74) is -2.87. The van der Waals surface area contributed by atoms with E-state index in [9.17, 15) is 22.5 Å². The zero-order chi connectivity index (χ0) is 9.02. The maximum absolute atomic E-state index is 12.0. The molecule has 0 amide bonds. The molecule has 0 spiro atoms. The first-order chi connectivity index (χ1) is 4.95. The van der Waals surface area contributed by atoms with Crippen LogP contribution in [0.3, 0.4) is 0 Å². The SMILES string of the molecule is O=C(O)C[S+]([O-])C(F)C(F)F. The molecule has 0 aliphatic carbocycles. The second-order valence-electron chi connectivity index (χ2n) is 1.60. The highest BCUT2D eigenvalue weighted by Crippen LogP contribution is 2.13. The number of hydrogen-bond donors (Lipinski definition) is 1. The number of carboxylic acid groups (broad SMARTS) is 1. The highest BCUT2D eigenvalue weighted by molar-refractivity contribution is 7.92. The molecule has 0 aliphatic rings. The summed E-state index contributed by atoms with van der Waals surface area (Å²) in [6, 6.07) is 0. The first-order valence-electron chi connectivity index (χ1n) is 2.46. The largest absolute Gasteiger partial charge is 0.613 e. The fourth-order valence-electron chi connectivity index (χ4n) is 0.316. The Bertz CT molecular complexity index is 143. The van der Waals surface area contributed by atoms with E-state index in [1.165, 1.54) is 0 Å². The van der Waals surface area contributed by atoms with Crippen LogP contribution in [0.5, 0.6) is 0 Å². The Balaban J connectivity index is 3.82. The molecule has 0 aromatic carbocycles. The van der Waals surface area contributed by atoms with Crippen molar-refractivity contribution < 1.29 is 27.6 Å². The van der Waals surface area contributed by atoms with E-state index in [0.29, 0.717) is 0 Å². The van der Waals surface area contributed by atoms with Crippen LogP contribution in [-0.2, 0) is 16.0 Å². The van der Waals surface area contributed by atoms with Crippen molar-refractivity contribution in [2.24, 2.45) is 0 Å². The molecule has 2 unspecified atom stereocenters. The lowest BCUT2D eigenvalue weighted by Crippen LogP contribution is -2.29. The summed E-state index contributed by atoms with van der Waals surface area (Å²) in [6.45, 7) is 0. The third-order valence-electron chi connectivity index (χ3n) is 0.715. The summed E-state index contributed by atoms with van der Waals surface area (Å²) in [5, 5.41) is 7.91. The molecule has 0 saturated carbocycles. The van der Waals surface area contributed by atoms with Gasteiger partial charge in [0.2, 0.25) is 5.75 Å². The molecule has 0 aromatic heterocycles. The molecule has 3 nitrogen and oxygen atoms in total. The van der Waals surface area contributed by atoms with Gasteiger partial charge in [0.15, 0.2) is 0 Å². The van der Waals surface area contributed by atoms with E-state index >= 15 is 0 Å². The van der Waals surface area contributed by atoms with Crippen LogP contribution in [0.15, 0.2) is 0 Å². The van der Waals surface area contributed by atoms with E-state index < -0.39 is 34.8 Å². The van der Waals surface area contributed by atoms with Gasteiger partial charge in [-0.3, -0.25) is 0 Å². The molecule has 0 bridgehead atoms. The second kappa shape index (κ2) is 4.45. The quantitative estimate of drug-likeness (QED) is 0.652. The van der Waals surface area contributed by atoms with Gasteiger partial charge in [-0.1, -0.05) is 0 Å². The van der Waals surface area contributed by atoms with Crippen molar-refractivity contribution in [3.05, 3.63) is 0 Å². The highest BCUT2D eigenvalue weighted by atomic mass is 32.2. The number of rotatable bonds is 4. The lowest BCUT2D eigenvalue weighted by molar-refractivity contribution is -0.134. The fraction of sp³-hybridized carbons (Fsp3) is 0.750. The Morgan fingerprint density at radius 2 is 2.00 bits per heavy atom. The monoisotopic (exact) mass is 190 g/mol. The van der Waals surface area contributed by atoms with Gasteiger partial charge in [0.1, 0.15) is 0 Å².